The van der Waals surface area contributed by atoms with Crippen molar-refractivity contribution < 1.29 is 32.5 Å². The number of ether oxygens (including phenoxy) is 1. The van der Waals surface area contributed by atoms with Gasteiger partial charge in [0.25, 0.3) is 11.7 Å². The number of esters is 1. The van der Waals surface area contributed by atoms with Crippen molar-refractivity contribution >= 4 is 29.3 Å². The van der Waals surface area contributed by atoms with E-state index in [0.717, 1.165) is 25.1 Å². The van der Waals surface area contributed by atoms with Crippen LogP contribution in [-0.2, 0) is 20.5 Å². The van der Waals surface area contributed by atoms with Gasteiger partial charge in [-0.3, -0.25) is 14.5 Å². The maximum atomic E-state index is 12.7. The van der Waals surface area contributed by atoms with Crippen LogP contribution in [0.2, 0.25) is 5.02 Å². The third-order valence-electron chi connectivity index (χ3n) is 4.63. The van der Waals surface area contributed by atoms with Crippen LogP contribution in [0.4, 0.5) is 19.0 Å². The molecular weight excluding hydrogens is 387 g/mol. The highest BCUT2D eigenvalue weighted by molar-refractivity contribution is 6.32. The van der Waals surface area contributed by atoms with E-state index in [0.29, 0.717) is 31.7 Å². The second kappa shape index (κ2) is 7.92. The van der Waals surface area contributed by atoms with Gasteiger partial charge in [0, 0.05) is 6.04 Å². The predicted molar refractivity (Wildman–Crippen MR) is 90.1 cm³/mol. The van der Waals surface area contributed by atoms with Crippen LogP contribution in [0, 0.1) is 5.92 Å². The highest BCUT2D eigenvalue weighted by atomic mass is 35.5. The Morgan fingerprint density at radius 1 is 1.26 bits per heavy atom. The summed E-state index contributed by atoms with van der Waals surface area (Å²) in [5, 5.41) is 2.71. The standard InChI is InChI=1S/C17H19ClF3N3O3/c18-13-7-11(17(19,20)21)8-22-15(13)24-5-3-10(4-6-24)16(26)27-9-14(25)23-12-1-2-12/h7-8,10,12H,1-6,9H2,(H,23,25)/p+1. The molecule has 2 aliphatic rings. The van der Waals surface area contributed by atoms with E-state index in [1.165, 1.54) is 0 Å². The number of anilines is 1. The van der Waals surface area contributed by atoms with Gasteiger partial charge in [-0.25, -0.2) is 4.98 Å². The Morgan fingerprint density at radius 2 is 1.93 bits per heavy atom. The van der Waals surface area contributed by atoms with Crippen LogP contribution in [0.25, 0.3) is 0 Å². The van der Waals surface area contributed by atoms with Crippen molar-refractivity contribution in [1.29, 1.82) is 0 Å². The highest BCUT2D eigenvalue weighted by Gasteiger charge is 2.36. The summed E-state index contributed by atoms with van der Waals surface area (Å²) in [7, 11) is 0. The van der Waals surface area contributed by atoms with E-state index in [9.17, 15) is 22.8 Å². The van der Waals surface area contributed by atoms with E-state index >= 15 is 0 Å². The summed E-state index contributed by atoms with van der Waals surface area (Å²) >= 11 is 5.99. The summed E-state index contributed by atoms with van der Waals surface area (Å²) in [6.07, 6.45) is -0.743. The highest BCUT2D eigenvalue weighted by Crippen LogP contribution is 2.33. The fourth-order valence-corrected chi connectivity index (χ4v) is 3.25. The smallest absolute Gasteiger partial charge is 0.419 e. The summed E-state index contributed by atoms with van der Waals surface area (Å²) in [6.45, 7) is 0.597. The van der Waals surface area contributed by atoms with Gasteiger partial charge in [0.2, 0.25) is 0 Å². The molecule has 1 aromatic rings. The zero-order valence-corrected chi connectivity index (χ0v) is 15.2. The fraction of sp³-hybridized carbons (Fsp3) is 0.588. The first-order valence-electron chi connectivity index (χ1n) is 8.73. The number of halogens is 4. The number of hydrogen-bond donors (Lipinski definition) is 1. The number of H-pyrrole nitrogens is 1. The van der Waals surface area contributed by atoms with Crippen molar-refractivity contribution in [1.82, 2.24) is 5.32 Å². The Labute approximate surface area is 159 Å². The van der Waals surface area contributed by atoms with Crippen LogP contribution >= 0.6 is 11.6 Å². The number of aromatic nitrogens is 1. The number of rotatable bonds is 5. The van der Waals surface area contributed by atoms with Crippen molar-refractivity contribution in [3.8, 4) is 0 Å². The number of alkyl halides is 3. The number of nitrogens with zero attached hydrogens (tertiary/aromatic N) is 1. The quantitative estimate of drug-likeness (QED) is 0.761. The molecule has 1 aromatic heterocycles. The van der Waals surface area contributed by atoms with Gasteiger partial charge in [-0.15, -0.1) is 0 Å². The lowest BCUT2D eigenvalue weighted by Gasteiger charge is -2.26. The number of amides is 1. The molecule has 10 heteroatoms. The minimum Gasteiger partial charge on any atom is -0.455 e. The fourth-order valence-electron chi connectivity index (χ4n) is 2.96. The Hall–Kier alpha value is -2.03. The Kier molecular flexibility index (Phi) is 5.78. The molecule has 1 amide bonds. The van der Waals surface area contributed by atoms with Gasteiger partial charge in [-0.1, -0.05) is 11.6 Å². The van der Waals surface area contributed by atoms with Gasteiger partial charge in [0.15, 0.2) is 6.61 Å². The second-order valence-electron chi connectivity index (χ2n) is 6.79. The molecule has 148 valence electrons. The molecule has 1 saturated carbocycles. The number of carbonyl (C=O) groups excluding carboxylic acids is 2. The summed E-state index contributed by atoms with van der Waals surface area (Å²) in [5.74, 6) is -0.680. The van der Waals surface area contributed by atoms with Crippen LogP contribution in [0.15, 0.2) is 12.3 Å². The van der Waals surface area contributed by atoms with Crippen molar-refractivity contribution in [2.45, 2.75) is 37.9 Å². The minimum atomic E-state index is -4.47. The van der Waals surface area contributed by atoms with Crippen LogP contribution < -0.4 is 15.2 Å². The normalized spacial score (nSPS) is 18.3. The number of hydrogen-bond acceptors (Lipinski definition) is 4. The zero-order valence-electron chi connectivity index (χ0n) is 14.4. The maximum absolute atomic E-state index is 12.7. The SMILES string of the molecule is O=C(COC(=O)C1CCN(c2[nH+]cc(C(F)(F)F)cc2Cl)CC1)NC1CC1. The predicted octanol–water partition coefficient (Wildman–Crippen LogP) is 2.21. The molecule has 1 aliphatic heterocycles. The van der Waals surface area contributed by atoms with Crippen molar-refractivity contribution in [3.63, 3.8) is 0 Å². The van der Waals surface area contributed by atoms with Gasteiger partial charge in [-0.05, 0) is 31.7 Å². The first-order valence-corrected chi connectivity index (χ1v) is 9.11. The molecule has 0 bridgehead atoms. The molecule has 0 atom stereocenters. The summed E-state index contributed by atoms with van der Waals surface area (Å²) in [5.41, 5.74) is -0.848. The van der Waals surface area contributed by atoms with Gasteiger partial charge in [-0.2, -0.15) is 13.2 Å². The van der Waals surface area contributed by atoms with Crippen molar-refractivity contribution in [2.75, 3.05) is 24.6 Å². The Morgan fingerprint density at radius 3 is 2.48 bits per heavy atom. The molecule has 0 radical (unpaired) electrons. The van der Waals surface area contributed by atoms with Gasteiger partial charge in [0.1, 0.15) is 11.2 Å². The largest absolute Gasteiger partial charge is 0.455 e. The molecule has 0 aromatic carbocycles. The van der Waals surface area contributed by atoms with E-state index in [1.54, 1.807) is 4.90 Å². The number of carbonyl (C=O) groups is 2. The number of pyridine rings is 1. The Balaban J connectivity index is 1.49. The first kappa shape index (κ1) is 19.7. The molecule has 2 N–H and O–H groups in total. The van der Waals surface area contributed by atoms with Crippen molar-refractivity contribution in [2.24, 2.45) is 5.92 Å². The van der Waals surface area contributed by atoms with Gasteiger partial charge >= 0.3 is 12.1 Å². The van der Waals surface area contributed by atoms with E-state index in [2.05, 4.69) is 10.3 Å². The van der Waals surface area contributed by atoms with E-state index in [-0.39, 0.29) is 29.5 Å². The van der Waals surface area contributed by atoms with Crippen LogP contribution in [0.3, 0.4) is 0 Å². The zero-order chi connectivity index (χ0) is 19.6. The third-order valence-corrected chi connectivity index (χ3v) is 4.92. The van der Waals surface area contributed by atoms with Crippen LogP contribution in [-0.4, -0.2) is 37.6 Å². The number of piperidine rings is 1. The molecular formula is C17H20ClF3N3O3+. The molecule has 1 saturated heterocycles. The summed E-state index contributed by atoms with van der Waals surface area (Å²) in [6, 6.07) is 1.09. The van der Waals surface area contributed by atoms with E-state index in [4.69, 9.17) is 16.3 Å². The molecule has 2 heterocycles. The molecule has 0 spiro atoms. The molecule has 0 unspecified atom stereocenters. The summed E-state index contributed by atoms with van der Waals surface area (Å²) in [4.78, 5) is 28.0. The molecule has 1 aliphatic carbocycles. The number of nitrogens with one attached hydrogen (secondary N) is 2. The third kappa shape index (κ3) is 5.24. The average molecular weight is 407 g/mol. The van der Waals surface area contributed by atoms with E-state index in [1.807, 2.05) is 0 Å². The van der Waals surface area contributed by atoms with Gasteiger partial charge in [0.05, 0.1) is 24.6 Å². The first-order chi connectivity index (χ1) is 12.7. The topological polar surface area (TPSA) is 72.8 Å². The molecule has 3 rings (SSSR count). The lowest BCUT2D eigenvalue weighted by Crippen LogP contribution is -2.40. The summed E-state index contributed by atoms with van der Waals surface area (Å²) < 4.78 is 43.2. The molecule has 27 heavy (non-hydrogen) atoms. The number of aromatic amines is 1. The Bertz CT molecular complexity index is 717. The lowest BCUT2D eigenvalue weighted by molar-refractivity contribution is -0.367. The maximum Gasteiger partial charge on any atom is 0.419 e. The minimum absolute atomic E-state index is 0.0254. The van der Waals surface area contributed by atoms with Crippen LogP contribution in [0.5, 0.6) is 0 Å². The van der Waals surface area contributed by atoms with Gasteiger partial charge < -0.3 is 10.1 Å². The lowest BCUT2D eigenvalue weighted by atomic mass is 9.97. The van der Waals surface area contributed by atoms with Crippen molar-refractivity contribution in [3.05, 3.63) is 22.8 Å². The second-order valence-corrected chi connectivity index (χ2v) is 7.20. The average Bonchev–Trinajstić information content (AvgIpc) is 3.43. The molecule has 2 fully saturated rings. The van der Waals surface area contributed by atoms with Crippen LogP contribution in [0.1, 0.15) is 31.2 Å². The molecule has 6 nitrogen and oxygen atoms in total. The monoisotopic (exact) mass is 406 g/mol. The van der Waals surface area contributed by atoms with E-state index < -0.39 is 17.7 Å².